The van der Waals surface area contributed by atoms with Crippen LogP contribution in [-0.4, -0.2) is 25.0 Å². The molecule has 1 amide bonds. The highest BCUT2D eigenvalue weighted by atomic mass is 127. The summed E-state index contributed by atoms with van der Waals surface area (Å²) < 4.78 is 1.18. The molecule has 0 radical (unpaired) electrons. The number of thiazole rings is 1. The lowest BCUT2D eigenvalue weighted by atomic mass is 10.2. The summed E-state index contributed by atoms with van der Waals surface area (Å²) in [7, 11) is 3.90. The van der Waals surface area contributed by atoms with Crippen LogP contribution in [0.1, 0.15) is 10.4 Å². The van der Waals surface area contributed by atoms with Gasteiger partial charge in [-0.3, -0.25) is 10.1 Å². The van der Waals surface area contributed by atoms with Gasteiger partial charge >= 0.3 is 0 Å². The highest BCUT2D eigenvalue weighted by Gasteiger charge is 2.11. The molecule has 1 N–H and O–H groups in total. The maximum atomic E-state index is 12.4. The maximum absolute atomic E-state index is 12.4. The number of hydrogen-bond acceptors (Lipinski definition) is 4. The second-order valence-corrected chi connectivity index (χ2v) is 7.55. The highest BCUT2D eigenvalue weighted by Crippen LogP contribution is 2.26. The Morgan fingerprint density at radius 3 is 2.62 bits per heavy atom. The van der Waals surface area contributed by atoms with Crippen LogP contribution in [0.4, 0.5) is 10.8 Å². The SMILES string of the molecule is CN(C)c1cccc(C(=O)Nc2nc(-c3ccc(I)cc3)cs2)c1. The van der Waals surface area contributed by atoms with Gasteiger partial charge in [-0.2, -0.15) is 0 Å². The predicted molar refractivity (Wildman–Crippen MR) is 109 cm³/mol. The molecular formula is C18H16IN3OS. The second kappa shape index (κ2) is 7.31. The third kappa shape index (κ3) is 3.93. The summed E-state index contributed by atoms with van der Waals surface area (Å²) in [4.78, 5) is 18.9. The fraction of sp³-hybridized carbons (Fsp3) is 0.111. The van der Waals surface area contributed by atoms with Crippen LogP contribution >= 0.6 is 33.9 Å². The monoisotopic (exact) mass is 449 g/mol. The van der Waals surface area contributed by atoms with E-state index >= 15 is 0 Å². The minimum absolute atomic E-state index is 0.151. The van der Waals surface area contributed by atoms with Crippen molar-refractivity contribution in [3.05, 3.63) is 63.0 Å². The fourth-order valence-corrected chi connectivity index (χ4v) is 3.25. The van der Waals surface area contributed by atoms with Gasteiger partial charge in [0, 0.05) is 39.9 Å². The van der Waals surface area contributed by atoms with E-state index in [0.29, 0.717) is 10.7 Å². The van der Waals surface area contributed by atoms with Crippen molar-refractivity contribution in [3.8, 4) is 11.3 Å². The standard InChI is InChI=1S/C18H16IN3OS/c1-22(2)15-5-3-4-13(10-15)17(23)21-18-20-16(11-24-18)12-6-8-14(19)9-7-12/h3-11H,1-2H3,(H,20,21,23). The molecule has 0 saturated carbocycles. The molecule has 0 aliphatic carbocycles. The van der Waals surface area contributed by atoms with Crippen LogP contribution in [0, 0.1) is 3.57 Å². The molecule has 0 bridgehead atoms. The van der Waals surface area contributed by atoms with Crippen molar-refractivity contribution in [1.29, 1.82) is 0 Å². The smallest absolute Gasteiger partial charge is 0.257 e. The Morgan fingerprint density at radius 1 is 1.17 bits per heavy atom. The van der Waals surface area contributed by atoms with Crippen molar-refractivity contribution >= 4 is 50.7 Å². The van der Waals surface area contributed by atoms with Crippen molar-refractivity contribution in [3.63, 3.8) is 0 Å². The van der Waals surface area contributed by atoms with E-state index in [0.717, 1.165) is 16.9 Å². The van der Waals surface area contributed by atoms with Crippen LogP contribution in [0.15, 0.2) is 53.9 Å². The van der Waals surface area contributed by atoms with Gasteiger partial charge in [0.25, 0.3) is 5.91 Å². The molecule has 0 spiro atoms. The van der Waals surface area contributed by atoms with Crippen molar-refractivity contribution in [2.24, 2.45) is 0 Å². The maximum Gasteiger partial charge on any atom is 0.257 e. The summed E-state index contributed by atoms with van der Waals surface area (Å²) in [6.07, 6.45) is 0. The quantitative estimate of drug-likeness (QED) is 0.586. The Kier molecular flexibility index (Phi) is 5.15. The molecule has 3 rings (SSSR count). The minimum Gasteiger partial charge on any atom is -0.378 e. The molecule has 0 aliphatic rings. The van der Waals surface area contributed by atoms with Gasteiger partial charge in [-0.25, -0.2) is 4.98 Å². The van der Waals surface area contributed by atoms with E-state index in [1.807, 2.05) is 66.8 Å². The summed E-state index contributed by atoms with van der Waals surface area (Å²) in [5, 5.41) is 5.43. The lowest BCUT2D eigenvalue weighted by Crippen LogP contribution is -2.14. The molecule has 0 atom stereocenters. The summed E-state index contributed by atoms with van der Waals surface area (Å²) in [5.74, 6) is -0.151. The number of nitrogens with zero attached hydrogens (tertiary/aromatic N) is 2. The number of aromatic nitrogens is 1. The first kappa shape index (κ1) is 16.9. The fourth-order valence-electron chi connectivity index (χ4n) is 2.18. The summed E-state index contributed by atoms with van der Waals surface area (Å²) in [5.41, 5.74) is 3.52. The normalized spacial score (nSPS) is 10.5. The average Bonchev–Trinajstić information content (AvgIpc) is 3.04. The van der Waals surface area contributed by atoms with E-state index in [2.05, 4.69) is 32.9 Å². The van der Waals surface area contributed by atoms with Gasteiger partial charge in [0.05, 0.1) is 5.69 Å². The predicted octanol–water partition coefficient (Wildman–Crippen LogP) is 4.73. The molecule has 1 heterocycles. The van der Waals surface area contributed by atoms with Gasteiger partial charge in [-0.1, -0.05) is 18.2 Å². The van der Waals surface area contributed by atoms with Crippen LogP contribution in [-0.2, 0) is 0 Å². The average molecular weight is 449 g/mol. The molecule has 0 aliphatic heterocycles. The number of nitrogens with one attached hydrogen (secondary N) is 1. The first-order valence-electron chi connectivity index (χ1n) is 7.33. The number of rotatable bonds is 4. The Bertz CT molecular complexity index is 859. The molecule has 0 saturated heterocycles. The number of carbonyl (C=O) groups is 1. The number of carbonyl (C=O) groups excluding carboxylic acids is 1. The number of hydrogen-bond donors (Lipinski definition) is 1. The molecular weight excluding hydrogens is 433 g/mol. The van der Waals surface area contributed by atoms with Crippen molar-refractivity contribution < 1.29 is 4.79 Å². The van der Waals surface area contributed by atoms with Crippen LogP contribution in [0.5, 0.6) is 0 Å². The van der Waals surface area contributed by atoms with E-state index in [4.69, 9.17) is 0 Å². The summed E-state index contributed by atoms with van der Waals surface area (Å²) in [6.45, 7) is 0. The molecule has 2 aromatic carbocycles. The third-order valence-electron chi connectivity index (χ3n) is 3.49. The number of amides is 1. The van der Waals surface area contributed by atoms with E-state index in [1.165, 1.54) is 14.9 Å². The van der Waals surface area contributed by atoms with Crippen LogP contribution in [0.3, 0.4) is 0 Å². The van der Waals surface area contributed by atoms with Gasteiger partial charge in [0.15, 0.2) is 5.13 Å². The van der Waals surface area contributed by atoms with Crippen LogP contribution < -0.4 is 10.2 Å². The molecule has 24 heavy (non-hydrogen) atoms. The Balaban J connectivity index is 1.76. The van der Waals surface area contributed by atoms with Crippen molar-refractivity contribution in [2.75, 3.05) is 24.3 Å². The van der Waals surface area contributed by atoms with E-state index in [9.17, 15) is 4.79 Å². The zero-order chi connectivity index (χ0) is 17.1. The van der Waals surface area contributed by atoms with Gasteiger partial charge in [-0.05, 0) is 52.9 Å². The molecule has 4 nitrogen and oxygen atoms in total. The lowest BCUT2D eigenvalue weighted by molar-refractivity contribution is 0.102. The topological polar surface area (TPSA) is 45.2 Å². The van der Waals surface area contributed by atoms with Gasteiger partial charge in [-0.15, -0.1) is 11.3 Å². The van der Waals surface area contributed by atoms with E-state index < -0.39 is 0 Å². The molecule has 1 aromatic heterocycles. The first-order valence-corrected chi connectivity index (χ1v) is 9.29. The molecule has 122 valence electrons. The second-order valence-electron chi connectivity index (χ2n) is 5.44. The van der Waals surface area contributed by atoms with Crippen molar-refractivity contribution in [2.45, 2.75) is 0 Å². The summed E-state index contributed by atoms with van der Waals surface area (Å²) >= 11 is 3.70. The third-order valence-corrected chi connectivity index (χ3v) is 4.97. The van der Waals surface area contributed by atoms with Gasteiger partial charge < -0.3 is 4.90 Å². The minimum atomic E-state index is -0.151. The van der Waals surface area contributed by atoms with Gasteiger partial charge in [0.1, 0.15) is 0 Å². The molecule has 0 fully saturated rings. The van der Waals surface area contributed by atoms with E-state index in [1.54, 1.807) is 6.07 Å². The first-order chi connectivity index (χ1) is 11.5. The molecule has 6 heteroatoms. The molecule has 0 unspecified atom stereocenters. The van der Waals surface area contributed by atoms with Crippen molar-refractivity contribution in [1.82, 2.24) is 4.98 Å². The number of halogens is 1. The lowest BCUT2D eigenvalue weighted by Gasteiger charge is -2.13. The van der Waals surface area contributed by atoms with Crippen LogP contribution in [0.25, 0.3) is 11.3 Å². The van der Waals surface area contributed by atoms with E-state index in [-0.39, 0.29) is 5.91 Å². The zero-order valence-corrected chi connectivity index (χ0v) is 16.3. The Hall–Kier alpha value is -1.93. The van der Waals surface area contributed by atoms with Crippen LogP contribution in [0.2, 0.25) is 0 Å². The zero-order valence-electron chi connectivity index (χ0n) is 13.3. The number of benzene rings is 2. The molecule has 3 aromatic rings. The Morgan fingerprint density at radius 2 is 1.92 bits per heavy atom. The number of anilines is 2. The Labute approximate surface area is 158 Å². The summed E-state index contributed by atoms with van der Waals surface area (Å²) in [6, 6.07) is 15.7. The van der Waals surface area contributed by atoms with Gasteiger partial charge in [0.2, 0.25) is 0 Å². The largest absolute Gasteiger partial charge is 0.378 e. The highest BCUT2D eigenvalue weighted by molar-refractivity contribution is 14.1.